The molecule has 1 aromatic heterocycles. The summed E-state index contributed by atoms with van der Waals surface area (Å²) >= 11 is 5.14. The van der Waals surface area contributed by atoms with E-state index in [1.165, 1.54) is 11.8 Å². The predicted molar refractivity (Wildman–Crippen MR) is 109 cm³/mol. The number of nitrogens with one attached hydrogen (secondary N) is 1. The maximum absolute atomic E-state index is 6.27. The molecule has 0 unspecified atom stereocenters. The van der Waals surface area contributed by atoms with Crippen LogP contribution in [0.15, 0.2) is 52.1 Å². The van der Waals surface area contributed by atoms with Crippen molar-refractivity contribution in [3.05, 3.63) is 52.5 Å². The summed E-state index contributed by atoms with van der Waals surface area (Å²) in [6, 6.07) is 13.7. The monoisotopic (exact) mass is 444 g/mol. The molecule has 1 aliphatic heterocycles. The number of para-hydroxylation sites is 1. The van der Waals surface area contributed by atoms with Crippen LogP contribution in [0.4, 0.5) is 5.69 Å². The van der Waals surface area contributed by atoms with Crippen LogP contribution >= 0.6 is 27.7 Å². The Kier molecular flexibility index (Phi) is 5.18. The lowest BCUT2D eigenvalue weighted by Gasteiger charge is -2.21. The molecule has 27 heavy (non-hydrogen) atoms. The third kappa shape index (κ3) is 3.59. The molecule has 2 aromatic carbocycles. The van der Waals surface area contributed by atoms with E-state index in [4.69, 9.17) is 9.47 Å². The van der Waals surface area contributed by atoms with Crippen molar-refractivity contribution in [1.82, 2.24) is 15.2 Å². The fraction of sp³-hybridized carbons (Fsp3) is 0.211. The zero-order valence-electron chi connectivity index (χ0n) is 14.8. The number of benzene rings is 2. The van der Waals surface area contributed by atoms with Gasteiger partial charge in [0, 0.05) is 21.3 Å². The van der Waals surface area contributed by atoms with E-state index >= 15 is 0 Å². The highest BCUT2D eigenvalue weighted by atomic mass is 79.9. The van der Waals surface area contributed by atoms with Gasteiger partial charge in [-0.25, -0.2) is 0 Å². The highest BCUT2D eigenvalue weighted by molar-refractivity contribution is 9.10. The number of nitrogens with zero attached hydrogens (tertiary/aromatic N) is 3. The van der Waals surface area contributed by atoms with Gasteiger partial charge in [-0.3, -0.25) is 0 Å². The number of hydrogen-bond donors (Lipinski definition) is 1. The van der Waals surface area contributed by atoms with Gasteiger partial charge in [0.2, 0.25) is 11.0 Å². The largest absolute Gasteiger partial charge is 0.497 e. The second-order valence-corrected chi connectivity index (χ2v) is 7.84. The molecule has 0 spiro atoms. The van der Waals surface area contributed by atoms with E-state index in [1.54, 1.807) is 7.11 Å². The third-order valence-electron chi connectivity index (χ3n) is 4.09. The molecule has 6 nitrogen and oxygen atoms in total. The van der Waals surface area contributed by atoms with Gasteiger partial charge < -0.3 is 14.8 Å². The first-order valence-electron chi connectivity index (χ1n) is 8.43. The van der Waals surface area contributed by atoms with Gasteiger partial charge in [0.1, 0.15) is 5.75 Å². The van der Waals surface area contributed by atoms with E-state index in [0.29, 0.717) is 16.7 Å². The van der Waals surface area contributed by atoms with Crippen molar-refractivity contribution in [2.45, 2.75) is 18.3 Å². The Balaban J connectivity index is 1.85. The lowest BCUT2D eigenvalue weighted by atomic mass is 10.1. The second kappa shape index (κ2) is 7.74. The molecule has 4 rings (SSSR count). The number of halogens is 1. The molecule has 0 saturated heterocycles. The molecule has 0 fully saturated rings. The van der Waals surface area contributed by atoms with Gasteiger partial charge in [-0.1, -0.05) is 52.8 Å². The molecular formula is C19H17BrN4O2S. The highest BCUT2D eigenvalue weighted by Gasteiger charge is 2.27. The van der Waals surface area contributed by atoms with Gasteiger partial charge in [0.25, 0.3) is 0 Å². The van der Waals surface area contributed by atoms with Gasteiger partial charge >= 0.3 is 0 Å². The molecule has 1 N–H and O–H groups in total. The SMILES string of the molecule is CCSc1nnc2c(n1)O[C@H](c1cc(OC)ccc1Br)Nc1ccccc1-2. The molecule has 0 bridgehead atoms. The fourth-order valence-corrected chi connectivity index (χ4v) is 3.79. The molecule has 138 valence electrons. The zero-order valence-corrected chi connectivity index (χ0v) is 17.2. The van der Waals surface area contributed by atoms with E-state index < -0.39 is 6.23 Å². The summed E-state index contributed by atoms with van der Waals surface area (Å²) in [7, 11) is 1.64. The smallest absolute Gasteiger partial charge is 0.247 e. The number of ether oxygens (including phenoxy) is 2. The van der Waals surface area contributed by atoms with Gasteiger partial charge in [0.05, 0.1) is 7.11 Å². The number of rotatable bonds is 4. The van der Waals surface area contributed by atoms with Crippen molar-refractivity contribution in [3.63, 3.8) is 0 Å². The molecule has 8 heteroatoms. The van der Waals surface area contributed by atoms with E-state index in [1.807, 2.05) is 49.4 Å². The molecule has 0 aliphatic carbocycles. The third-order valence-corrected chi connectivity index (χ3v) is 5.53. The summed E-state index contributed by atoms with van der Waals surface area (Å²) in [6.07, 6.45) is -0.465. The van der Waals surface area contributed by atoms with E-state index in [0.717, 1.165) is 32.8 Å². The van der Waals surface area contributed by atoms with Crippen LogP contribution in [0.1, 0.15) is 18.7 Å². The van der Waals surface area contributed by atoms with Crippen LogP contribution in [0.2, 0.25) is 0 Å². The zero-order chi connectivity index (χ0) is 18.8. The Morgan fingerprint density at radius 3 is 2.89 bits per heavy atom. The van der Waals surface area contributed by atoms with Crippen molar-refractivity contribution >= 4 is 33.4 Å². The van der Waals surface area contributed by atoms with Crippen LogP contribution in [-0.4, -0.2) is 28.0 Å². The molecule has 0 saturated carbocycles. The lowest BCUT2D eigenvalue weighted by molar-refractivity contribution is 0.224. The van der Waals surface area contributed by atoms with Crippen LogP contribution < -0.4 is 14.8 Å². The van der Waals surface area contributed by atoms with Crippen molar-refractivity contribution in [2.75, 3.05) is 18.2 Å². The Hall–Kier alpha value is -2.32. The van der Waals surface area contributed by atoms with Gasteiger partial charge in [-0.15, -0.1) is 10.2 Å². The van der Waals surface area contributed by atoms with E-state index in [9.17, 15) is 0 Å². The minimum Gasteiger partial charge on any atom is -0.497 e. The minimum absolute atomic E-state index is 0.457. The van der Waals surface area contributed by atoms with Crippen LogP contribution in [0.3, 0.4) is 0 Å². The first kappa shape index (κ1) is 18.1. The molecule has 1 atom stereocenters. The fourth-order valence-electron chi connectivity index (χ4n) is 2.83. The summed E-state index contributed by atoms with van der Waals surface area (Å²) in [5.74, 6) is 2.07. The number of hydrogen-bond acceptors (Lipinski definition) is 7. The number of anilines is 1. The quantitative estimate of drug-likeness (QED) is 0.572. The van der Waals surface area contributed by atoms with Crippen LogP contribution in [0, 0.1) is 0 Å². The summed E-state index contributed by atoms with van der Waals surface area (Å²) in [5.41, 5.74) is 3.34. The molecule has 2 heterocycles. The van der Waals surface area contributed by atoms with Gasteiger partial charge in [-0.05, 0) is 30.0 Å². The maximum Gasteiger partial charge on any atom is 0.247 e. The molecular weight excluding hydrogens is 428 g/mol. The predicted octanol–water partition coefficient (Wildman–Crippen LogP) is 4.92. The number of aromatic nitrogens is 3. The first-order chi connectivity index (χ1) is 13.2. The van der Waals surface area contributed by atoms with E-state index in [2.05, 4.69) is 36.4 Å². The maximum atomic E-state index is 6.27. The second-order valence-electron chi connectivity index (χ2n) is 5.76. The molecule has 0 radical (unpaired) electrons. The van der Waals surface area contributed by atoms with Crippen molar-refractivity contribution in [1.29, 1.82) is 0 Å². The molecule has 0 amide bonds. The Labute approximate surface area is 169 Å². The lowest BCUT2D eigenvalue weighted by Crippen LogP contribution is -2.17. The van der Waals surface area contributed by atoms with Crippen LogP contribution in [0.25, 0.3) is 11.3 Å². The normalized spacial score (nSPS) is 15.0. The van der Waals surface area contributed by atoms with Crippen LogP contribution in [-0.2, 0) is 0 Å². The summed E-state index contributed by atoms with van der Waals surface area (Å²) in [6.45, 7) is 2.05. The Morgan fingerprint density at radius 2 is 2.07 bits per heavy atom. The molecule has 1 aliphatic rings. The average Bonchev–Trinajstić information content (AvgIpc) is 2.85. The van der Waals surface area contributed by atoms with Crippen LogP contribution in [0.5, 0.6) is 11.6 Å². The summed E-state index contributed by atoms with van der Waals surface area (Å²) < 4.78 is 12.6. The van der Waals surface area contributed by atoms with Gasteiger partial charge in [-0.2, -0.15) is 4.98 Å². The standard InChI is InChI=1S/C19H17BrN4O2S/c1-3-27-19-22-18-16(23-24-19)12-6-4-5-7-15(12)21-17(26-18)13-10-11(25-2)8-9-14(13)20/h4-10,17,21H,3H2,1-2H3/t17-/m1/s1. The van der Waals surface area contributed by atoms with E-state index in [-0.39, 0.29) is 0 Å². The first-order valence-corrected chi connectivity index (χ1v) is 10.2. The highest BCUT2D eigenvalue weighted by Crippen LogP contribution is 2.41. The van der Waals surface area contributed by atoms with Crippen molar-refractivity contribution in [2.24, 2.45) is 0 Å². The summed E-state index contributed by atoms with van der Waals surface area (Å²) in [4.78, 5) is 4.59. The number of fused-ring (bicyclic) bond motifs is 3. The Morgan fingerprint density at radius 1 is 1.22 bits per heavy atom. The molecule has 3 aromatic rings. The topological polar surface area (TPSA) is 69.2 Å². The number of thioether (sulfide) groups is 1. The number of methoxy groups -OCH3 is 1. The Bertz CT molecular complexity index is 986. The minimum atomic E-state index is -0.465. The summed E-state index contributed by atoms with van der Waals surface area (Å²) in [5, 5.41) is 12.7. The van der Waals surface area contributed by atoms with Gasteiger partial charge in [0.15, 0.2) is 11.9 Å². The van der Waals surface area contributed by atoms with Crippen molar-refractivity contribution in [3.8, 4) is 22.9 Å². The average molecular weight is 445 g/mol. The van der Waals surface area contributed by atoms with Crippen molar-refractivity contribution < 1.29 is 9.47 Å².